The summed E-state index contributed by atoms with van der Waals surface area (Å²) in [5, 5.41) is 0. The number of hydrogen-bond acceptors (Lipinski definition) is 5. The Morgan fingerprint density at radius 1 is 1.21 bits per heavy atom. The van der Waals surface area contributed by atoms with Gasteiger partial charge in [0.25, 0.3) is 5.91 Å². The third kappa shape index (κ3) is 3.03. The fourth-order valence-electron chi connectivity index (χ4n) is 3.54. The number of rotatable bonds is 2. The lowest BCUT2D eigenvalue weighted by atomic mass is 10.0. The predicted molar refractivity (Wildman–Crippen MR) is 109 cm³/mol. The zero-order valence-corrected chi connectivity index (χ0v) is 16.1. The average Bonchev–Trinajstić information content (AvgIpc) is 3.30. The van der Waals surface area contributed by atoms with Crippen molar-refractivity contribution in [2.24, 2.45) is 0 Å². The van der Waals surface area contributed by atoms with E-state index in [0.717, 1.165) is 39.3 Å². The van der Waals surface area contributed by atoms with Crippen LogP contribution < -0.4 is 4.74 Å². The van der Waals surface area contributed by atoms with Crippen molar-refractivity contribution in [3.8, 4) is 16.9 Å². The van der Waals surface area contributed by atoms with Gasteiger partial charge in [-0.2, -0.15) is 0 Å². The lowest BCUT2D eigenvalue weighted by Gasteiger charge is -2.19. The maximum absolute atomic E-state index is 12.8. The lowest BCUT2D eigenvalue weighted by Crippen LogP contribution is -2.31. The highest BCUT2D eigenvalue weighted by molar-refractivity contribution is 7.11. The predicted octanol–water partition coefficient (Wildman–Crippen LogP) is 4.03. The molecule has 1 amide bonds. The number of H-pyrrole nitrogens is 1. The molecule has 0 unspecified atom stereocenters. The van der Waals surface area contributed by atoms with Gasteiger partial charge in [0, 0.05) is 12.1 Å². The second kappa shape index (κ2) is 6.76. The Morgan fingerprint density at radius 3 is 2.93 bits per heavy atom. The number of fused-ring (bicyclic) bond motifs is 2. The molecule has 140 valence electrons. The zero-order chi connectivity index (χ0) is 19.1. The molecule has 6 nitrogen and oxygen atoms in total. The van der Waals surface area contributed by atoms with Crippen LogP contribution in [-0.2, 0) is 6.54 Å². The Bertz CT molecular complexity index is 1170. The van der Waals surface area contributed by atoms with Gasteiger partial charge in [0.1, 0.15) is 23.1 Å². The maximum atomic E-state index is 12.8. The van der Waals surface area contributed by atoms with E-state index in [2.05, 4.69) is 39.2 Å². The number of hydrogen-bond donors (Lipinski definition) is 1. The highest BCUT2D eigenvalue weighted by atomic mass is 32.1. The number of ether oxygens (including phenoxy) is 1. The first kappa shape index (κ1) is 16.9. The molecule has 0 spiro atoms. The van der Waals surface area contributed by atoms with Crippen LogP contribution >= 0.6 is 11.3 Å². The van der Waals surface area contributed by atoms with Crippen molar-refractivity contribution in [3.05, 3.63) is 64.4 Å². The van der Waals surface area contributed by atoms with E-state index in [4.69, 9.17) is 4.74 Å². The Labute approximate surface area is 165 Å². The molecule has 0 aliphatic carbocycles. The third-order valence-electron chi connectivity index (χ3n) is 4.91. The fraction of sp³-hybridized carbons (Fsp3) is 0.190. The third-order valence-corrected chi connectivity index (χ3v) is 5.67. The van der Waals surface area contributed by atoms with Crippen LogP contribution in [0, 0.1) is 6.92 Å². The minimum absolute atomic E-state index is 0.00206. The summed E-state index contributed by atoms with van der Waals surface area (Å²) in [4.78, 5) is 27.0. The fourth-order valence-corrected chi connectivity index (χ4v) is 4.12. The van der Waals surface area contributed by atoms with E-state index >= 15 is 0 Å². The van der Waals surface area contributed by atoms with Crippen LogP contribution in [0.3, 0.4) is 0 Å². The molecule has 0 bridgehead atoms. The Balaban J connectivity index is 1.49. The van der Waals surface area contributed by atoms with Crippen LogP contribution in [0.2, 0.25) is 0 Å². The maximum Gasteiger partial charge on any atom is 0.265 e. The molecule has 4 aromatic rings. The van der Waals surface area contributed by atoms with Crippen molar-refractivity contribution >= 4 is 28.3 Å². The number of aromatic nitrogens is 3. The molecular weight excluding hydrogens is 372 g/mol. The molecule has 1 aliphatic heterocycles. The molecule has 0 atom stereocenters. The second-order valence-corrected chi connectivity index (χ2v) is 7.70. The highest BCUT2D eigenvalue weighted by Crippen LogP contribution is 2.31. The van der Waals surface area contributed by atoms with E-state index in [1.807, 2.05) is 24.0 Å². The van der Waals surface area contributed by atoms with Crippen LogP contribution in [0.4, 0.5) is 0 Å². The number of nitrogens with one attached hydrogen (secondary N) is 1. The molecule has 2 aromatic carbocycles. The van der Waals surface area contributed by atoms with Gasteiger partial charge in [-0.05, 0) is 42.3 Å². The summed E-state index contributed by atoms with van der Waals surface area (Å²) in [6.07, 6.45) is 1.62. The number of nitrogens with zero attached hydrogens (tertiary/aromatic N) is 3. The molecule has 5 rings (SSSR count). The van der Waals surface area contributed by atoms with Gasteiger partial charge >= 0.3 is 0 Å². The van der Waals surface area contributed by atoms with Crippen LogP contribution in [0.1, 0.15) is 21.1 Å². The molecule has 1 aliphatic rings. The molecule has 0 saturated carbocycles. The van der Waals surface area contributed by atoms with Gasteiger partial charge in [-0.3, -0.25) is 9.78 Å². The van der Waals surface area contributed by atoms with Crippen molar-refractivity contribution in [3.63, 3.8) is 0 Å². The number of imidazole rings is 1. The topological polar surface area (TPSA) is 71.1 Å². The second-order valence-electron chi connectivity index (χ2n) is 6.82. The average molecular weight is 390 g/mol. The molecule has 1 N–H and O–H groups in total. The largest absolute Gasteiger partial charge is 0.491 e. The number of amides is 1. The number of carbonyl (C=O) groups is 1. The van der Waals surface area contributed by atoms with E-state index in [0.29, 0.717) is 24.6 Å². The zero-order valence-electron chi connectivity index (χ0n) is 15.3. The summed E-state index contributed by atoms with van der Waals surface area (Å²) in [5.74, 6) is 1.73. The van der Waals surface area contributed by atoms with Crippen molar-refractivity contribution in [1.82, 2.24) is 19.9 Å². The summed E-state index contributed by atoms with van der Waals surface area (Å²) in [6.45, 7) is 3.51. The first-order chi connectivity index (χ1) is 13.7. The Morgan fingerprint density at radius 2 is 2.07 bits per heavy atom. The SMILES string of the molecule is Cc1nc2cc(-c3ccc4c(c3)CN(C(=O)c3cncs3)CCO4)ccc2[nH]1. The van der Waals surface area contributed by atoms with Crippen LogP contribution in [0.5, 0.6) is 5.75 Å². The first-order valence-electron chi connectivity index (χ1n) is 9.07. The number of carbonyl (C=O) groups excluding carboxylic acids is 1. The first-order valence-corrected chi connectivity index (χ1v) is 9.95. The standard InChI is InChI=1S/C21H18N4O2S/c1-13-23-17-4-2-15(9-18(17)24-13)14-3-5-19-16(8-14)11-25(6-7-27-19)21(26)20-10-22-12-28-20/h2-5,8-10,12H,6-7,11H2,1H3,(H,23,24). The summed E-state index contributed by atoms with van der Waals surface area (Å²) in [5.41, 5.74) is 6.83. The van der Waals surface area contributed by atoms with E-state index in [1.165, 1.54) is 11.3 Å². The van der Waals surface area contributed by atoms with E-state index in [1.54, 1.807) is 11.7 Å². The molecule has 0 radical (unpaired) electrons. The molecule has 28 heavy (non-hydrogen) atoms. The van der Waals surface area contributed by atoms with Crippen molar-refractivity contribution < 1.29 is 9.53 Å². The van der Waals surface area contributed by atoms with Gasteiger partial charge in [-0.15, -0.1) is 11.3 Å². The van der Waals surface area contributed by atoms with Crippen LogP contribution in [-0.4, -0.2) is 38.9 Å². The van der Waals surface area contributed by atoms with Gasteiger partial charge < -0.3 is 14.6 Å². The van der Waals surface area contributed by atoms with Crippen molar-refractivity contribution in [2.75, 3.05) is 13.2 Å². The quantitative estimate of drug-likeness (QED) is 0.561. The Kier molecular flexibility index (Phi) is 4.09. The molecule has 0 fully saturated rings. The minimum atomic E-state index is -0.00206. The summed E-state index contributed by atoms with van der Waals surface area (Å²) < 4.78 is 5.89. The summed E-state index contributed by atoms with van der Waals surface area (Å²) >= 11 is 1.36. The molecule has 2 aromatic heterocycles. The summed E-state index contributed by atoms with van der Waals surface area (Å²) in [6, 6.07) is 12.4. The van der Waals surface area contributed by atoms with Crippen molar-refractivity contribution in [1.29, 1.82) is 0 Å². The van der Waals surface area contributed by atoms with Gasteiger partial charge in [0.05, 0.1) is 29.3 Å². The highest BCUT2D eigenvalue weighted by Gasteiger charge is 2.22. The Hall–Kier alpha value is -3.19. The molecule has 3 heterocycles. The number of thiazole rings is 1. The number of aromatic amines is 1. The lowest BCUT2D eigenvalue weighted by molar-refractivity contribution is 0.0738. The van der Waals surface area contributed by atoms with E-state index < -0.39 is 0 Å². The number of aryl methyl sites for hydroxylation is 1. The van der Waals surface area contributed by atoms with Gasteiger partial charge in [-0.1, -0.05) is 12.1 Å². The van der Waals surface area contributed by atoms with Gasteiger partial charge in [0.15, 0.2) is 0 Å². The van der Waals surface area contributed by atoms with Crippen molar-refractivity contribution in [2.45, 2.75) is 13.5 Å². The minimum Gasteiger partial charge on any atom is -0.491 e. The van der Waals surface area contributed by atoms with E-state index in [-0.39, 0.29) is 5.91 Å². The van der Waals surface area contributed by atoms with E-state index in [9.17, 15) is 4.79 Å². The number of benzene rings is 2. The smallest absolute Gasteiger partial charge is 0.265 e. The normalized spacial score (nSPS) is 13.8. The summed E-state index contributed by atoms with van der Waals surface area (Å²) in [7, 11) is 0. The van der Waals surface area contributed by atoms with Gasteiger partial charge in [0.2, 0.25) is 0 Å². The monoisotopic (exact) mass is 390 g/mol. The molecule has 7 heteroatoms. The van der Waals surface area contributed by atoms with Crippen LogP contribution in [0.25, 0.3) is 22.2 Å². The molecule has 0 saturated heterocycles. The van der Waals surface area contributed by atoms with Crippen LogP contribution in [0.15, 0.2) is 48.1 Å². The van der Waals surface area contributed by atoms with Gasteiger partial charge in [-0.25, -0.2) is 4.98 Å². The molecular formula is C21H18N4O2S.